The lowest BCUT2D eigenvalue weighted by atomic mass is 10.0. The second-order valence-electron chi connectivity index (χ2n) is 5.42. The number of hydrogen-bond acceptors (Lipinski definition) is 2. The maximum Gasteiger partial charge on any atom is 0.303 e. The van der Waals surface area contributed by atoms with Gasteiger partial charge in [0.25, 0.3) is 0 Å². The number of nitrogens with one attached hydrogen (secondary N) is 1. The smallest absolute Gasteiger partial charge is 0.303 e. The fourth-order valence-corrected chi connectivity index (χ4v) is 1.68. The summed E-state index contributed by atoms with van der Waals surface area (Å²) in [5.74, 6) is -0.750. The maximum absolute atomic E-state index is 10.5. The van der Waals surface area contributed by atoms with Crippen LogP contribution in [0.25, 0.3) is 0 Å². The van der Waals surface area contributed by atoms with Crippen LogP contribution in [0.4, 0.5) is 5.69 Å². The predicted molar refractivity (Wildman–Crippen MR) is 70.5 cm³/mol. The Balaban J connectivity index is 2.76. The van der Waals surface area contributed by atoms with Crippen molar-refractivity contribution in [3.8, 4) is 0 Å². The second kappa shape index (κ2) is 5.21. The van der Waals surface area contributed by atoms with E-state index in [1.807, 2.05) is 19.1 Å². The van der Waals surface area contributed by atoms with Crippen molar-refractivity contribution in [2.75, 3.05) is 5.32 Å². The first-order valence-electron chi connectivity index (χ1n) is 5.87. The zero-order valence-electron chi connectivity index (χ0n) is 11.0. The molecule has 0 radical (unpaired) electrons. The van der Waals surface area contributed by atoms with Gasteiger partial charge in [0.1, 0.15) is 0 Å². The van der Waals surface area contributed by atoms with Crippen LogP contribution in [0, 0.1) is 6.92 Å². The SMILES string of the molecule is Cc1cc(CCC(=O)O)ccc1NC(C)(C)C. The molecular weight excluding hydrogens is 214 g/mol. The predicted octanol–water partition coefficient (Wildman–Crippen LogP) is 3.22. The highest BCUT2D eigenvalue weighted by atomic mass is 16.4. The quantitative estimate of drug-likeness (QED) is 0.842. The Labute approximate surface area is 103 Å². The molecule has 0 saturated carbocycles. The van der Waals surface area contributed by atoms with Crippen LogP contribution in [0.2, 0.25) is 0 Å². The van der Waals surface area contributed by atoms with Crippen molar-refractivity contribution in [2.24, 2.45) is 0 Å². The molecular formula is C14H21NO2. The van der Waals surface area contributed by atoms with Gasteiger partial charge in [0, 0.05) is 17.6 Å². The lowest BCUT2D eigenvalue weighted by Crippen LogP contribution is -2.26. The Hall–Kier alpha value is -1.51. The lowest BCUT2D eigenvalue weighted by molar-refractivity contribution is -0.136. The second-order valence-corrected chi connectivity index (χ2v) is 5.42. The number of benzene rings is 1. The molecule has 2 N–H and O–H groups in total. The van der Waals surface area contributed by atoms with Gasteiger partial charge >= 0.3 is 5.97 Å². The van der Waals surface area contributed by atoms with Crippen LogP contribution in [0.3, 0.4) is 0 Å². The lowest BCUT2D eigenvalue weighted by Gasteiger charge is -2.23. The number of aryl methyl sites for hydroxylation is 2. The fraction of sp³-hybridized carbons (Fsp3) is 0.500. The molecule has 0 unspecified atom stereocenters. The topological polar surface area (TPSA) is 49.3 Å². The Morgan fingerprint density at radius 2 is 2.00 bits per heavy atom. The van der Waals surface area contributed by atoms with Crippen LogP contribution in [-0.4, -0.2) is 16.6 Å². The average Bonchev–Trinajstić information content (AvgIpc) is 2.17. The molecule has 94 valence electrons. The van der Waals surface area contributed by atoms with E-state index in [4.69, 9.17) is 5.11 Å². The van der Waals surface area contributed by atoms with Crippen molar-refractivity contribution in [1.82, 2.24) is 0 Å². The molecule has 1 aromatic carbocycles. The van der Waals surface area contributed by atoms with E-state index in [0.717, 1.165) is 16.8 Å². The van der Waals surface area contributed by atoms with Gasteiger partial charge in [0.05, 0.1) is 0 Å². The van der Waals surface area contributed by atoms with Gasteiger partial charge in [-0.1, -0.05) is 12.1 Å². The molecule has 1 rings (SSSR count). The summed E-state index contributed by atoms with van der Waals surface area (Å²) in [6.45, 7) is 8.39. The zero-order valence-corrected chi connectivity index (χ0v) is 11.0. The third kappa shape index (κ3) is 4.89. The number of anilines is 1. The van der Waals surface area contributed by atoms with Crippen molar-refractivity contribution < 1.29 is 9.90 Å². The summed E-state index contributed by atoms with van der Waals surface area (Å²) in [6, 6.07) is 6.07. The van der Waals surface area contributed by atoms with Crippen molar-refractivity contribution in [3.63, 3.8) is 0 Å². The highest BCUT2D eigenvalue weighted by molar-refractivity contribution is 5.67. The molecule has 0 aliphatic carbocycles. The van der Waals surface area contributed by atoms with Crippen molar-refractivity contribution in [2.45, 2.75) is 46.1 Å². The van der Waals surface area contributed by atoms with E-state index in [9.17, 15) is 4.79 Å². The number of carboxylic acid groups (broad SMARTS) is 1. The normalized spacial score (nSPS) is 11.3. The van der Waals surface area contributed by atoms with E-state index in [0.29, 0.717) is 6.42 Å². The molecule has 17 heavy (non-hydrogen) atoms. The maximum atomic E-state index is 10.5. The van der Waals surface area contributed by atoms with Crippen LogP contribution >= 0.6 is 0 Å². The summed E-state index contributed by atoms with van der Waals surface area (Å²) in [4.78, 5) is 10.5. The summed E-state index contributed by atoms with van der Waals surface area (Å²) < 4.78 is 0. The molecule has 0 fully saturated rings. The summed E-state index contributed by atoms with van der Waals surface area (Å²) in [7, 11) is 0. The molecule has 0 amide bonds. The van der Waals surface area contributed by atoms with Gasteiger partial charge in [0.2, 0.25) is 0 Å². The largest absolute Gasteiger partial charge is 0.481 e. The van der Waals surface area contributed by atoms with Gasteiger partial charge < -0.3 is 10.4 Å². The molecule has 0 aliphatic heterocycles. The molecule has 0 spiro atoms. The first-order valence-corrected chi connectivity index (χ1v) is 5.87. The number of rotatable bonds is 4. The standard InChI is InChI=1S/C14H21NO2/c1-10-9-11(6-8-13(16)17)5-7-12(10)15-14(2,3)4/h5,7,9,15H,6,8H2,1-4H3,(H,16,17). The van der Waals surface area contributed by atoms with Gasteiger partial charge in [-0.25, -0.2) is 0 Å². The zero-order chi connectivity index (χ0) is 13.1. The van der Waals surface area contributed by atoms with Crippen LogP contribution in [-0.2, 0) is 11.2 Å². The molecule has 3 nitrogen and oxygen atoms in total. The minimum atomic E-state index is -0.750. The van der Waals surface area contributed by atoms with Crippen LogP contribution in [0.1, 0.15) is 38.3 Å². The summed E-state index contributed by atoms with van der Waals surface area (Å²) in [5.41, 5.74) is 3.37. The summed E-state index contributed by atoms with van der Waals surface area (Å²) >= 11 is 0. The van der Waals surface area contributed by atoms with E-state index in [1.54, 1.807) is 0 Å². The highest BCUT2D eigenvalue weighted by Gasteiger charge is 2.11. The third-order valence-electron chi connectivity index (χ3n) is 2.43. The fourth-order valence-electron chi connectivity index (χ4n) is 1.68. The minimum absolute atomic E-state index is 0.0351. The van der Waals surface area contributed by atoms with Gasteiger partial charge in [-0.2, -0.15) is 0 Å². The molecule has 0 heterocycles. The van der Waals surface area contributed by atoms with Crippen molar-refractivity contribution in [3.05, 3.63) is 29.3 Å². The van der Waals surface area contributed by atoms with E-state index in [2.05, 4.69) is 32.2 Å². The van der Waals surface area contributed by atoms with Crippen molar-refractivity contribution >= 4 is 11.7 Å². The number of aliphatic carboxylic acids is 1. The number of carbonyl (C=O) groups is 1. The number of carboxylic acids is 1. The van der Waals surface area contributed by atoms with Gasteiger partial charge in [-0.3, -0.25) is 4.79 Å². The Morgan fingerprint density at radius 3 is 2.47 bits per heavy atom. The van der Waals surface area contributed by atoms with Gasteiger partial charge in [-0.05, 0) is 51.3 Å². The molecule has 0 atom stereocenters. The highest BCUT2D eigenvalue weighted by Crippen LogP contribution is 2.21. The van der Waals surface area contributed by atoms with E-state index in [-0.39, 0.29) is 12.0 Å². The molecule has 0 saturated heterocycles. The summed E-state index contributed by atoms with van der Waals surface area (Å²) in [6.07, 6.45) is 0.775. The number of hydrogen-bond donors (Lipinski definition) is 2. The summed E-state index contributed by atoms with van der Waals surface area (Å²) in [5, 5.41) is 12.1. The first kappa shape index (κ1) is 13.6. The van der Waals surface area contributed by atoms with E-state index >= 15 is 0 Å². The van der Waals surface area contributed by atoms with Crippen LogP contribution in [0.5, 0.6) is 0 Å². The first-order chi connectivity index (χ1) is 7.78. The van der Waals surface area contributed by atoms with Crippen molar-refractivity contribution in [1.29, 1.82) is 0 Å². The van der Waals surface area contributed by atoms with Gasteiger partial charge in [-0.15, -0.1) is 0 Å². The molecule has 0 aliphatic rings. The average molecular weight is 235 g/mol. The molecule has 0 bridgehead atoms. The Kier molecular flexibility index (Phi) is 4.16. The molecule has 3 heteroatoms. The third-order valence-corrected chi connectivity index (χ3v) is 2.43. The van der Waals surface area contributed by atoms with Gasteiger partial charge in [0.15, 0.2) is 0 Å². The minimum Gasteiger partial charge on any atom is -0.481 e. The Bertz CT molecular complexity index is 405. The van der Waals surface area contributed by atoms with Crippen LogP contribution in [0.15, 0.2) is 18.2 Å². The molecule has 0 aromatic heterocycles. The van der Waals surface area contributed by atoms with E-state index in [1.165, 1.54) is 0 Å². The Morgan fingerprint density at radius 1 is 1.35 bits per heavy atom. The molecule has 1 aromatic rings. The van der Waals surface area contributed by atoms with E-state index < -0.39 is 5.97 Å². The monoisotopic (exact) mass is 235 g/mol. The van der Waals surface area contributed by atoms with Crippen LogP contribution < -0.4 is 5.32 Å².